The van der Waals surface area contributed by atoms with Crippen molar-refractivity contribution in [2.75, 3.05) is 0 Å². The van der Waals surface area contributed by atoms with Crippen molar-refractivity contribution in [3.63, 3.8) is 0 Å². The van der Waals surface area contributed by atoms with E-state index in [0.29, 0.717) is 18.0 Å². The number of amides is 1. The minimum atomic E-state index is -1.02. The molecule has 19 heavy (non-hydrogen) atoms. The molecule has 1 rings (SSSR count). The van der Waals surface area contributed by atoms with Gasteiger partial charge in [0.15, 0.2) is 0 Å². The second-order valence-electron chi connectivity index (χ2n) is 4.79. The van der Waals surface area contributed by atoms with Crippen LogP contribution >= 0.6 is 0 Å². The Kier molecular flexibility index (Phi) is 5.44. The molecule has 1 heterocycles. The molecule has 0 aliphatic rings. The normalized spacial score (nSPS) is 12.2. The number of aromatic carboxylic acids is 1. The van der Waals surface area contributed by atoms with E-state index in [-0.39, 0.29) is 18.0 Å². The molecule has 1 amide bonds. The third kappa shape index (κ3) is 5.05. The van der Waals surface area contributed by atoms with Crippen LogP contribution in [0.4, 0.5) is 0 Å². The Bertz CT molecular complexity index is 460. The second-order valence-corrected chi connectivity index (χ2v) is 4.79. The Balaban J connectivity index is 2.54. The lowest BCUT2D eigenvalue weighted by molar-refractivity contribution is -0.122. The van der Waals surface area contributed by atoms with Gasteiger partial charge in [-0.25, -0.2) is 4.79 Å². The molecule has 6 heteroatoms. The SMILES string of the molecule is CC(C)C[C@H](N)C(=O)NCc1cc(C(=O)O)ccn1. The van der Waals surface area contributed by atoms with Crippen molar-refractivity contribution in [2.24, 2.45) is 11.7 Å². The first-order valence-corrected chi connectivity index (χ1v) is 6.11. The number of aromatic nitrogens is 1. The summed E-state index contributed by atoms with van der Waals surface area (Å²) in [5.41, 5.74) is 6.37. The van der Waals surface area contributed by atoms with E-state index in [2.05, 4.69) is 10.3 Å². The molecule has 104 valence electrons. The standard InChI is InChI=1S/C13H19N3O3/c1-8(2)5-11(14)12(17)16-7-10-6-9(13(18)19)3-4-15-10/h3-4,6,8,11H,5,7,14H2,1-2H3,(H,16,17)(H,18,19)/t11-/m0/s1. The van der Waals surface area contributed by atoms with Crippen LogP contribution in [0.15, 0.2) is 18.3 Å². The second kappa shape index (κ2) is 6.84. The predicted molar refractivity (Wildman–Crippen MR) is 70.5 cm³/mol. The third-order valence-electron chi connectivity index (χ3n) is 2.57. The van der Waals surface area contributed by atoms with Gasteiger partial charge in [0.25, 0.3) is 0 Å². The molecule has 0 spiro atoms. The van der Waals surface area contributed by atoms with Gasteiger partial charge in [-0.2, -0.15) is 0 Å². The van der Waals surface area contributed by atoms with E-state index in [1.54, 1.807) is 0 Å². The highest BCUT2D eigenvalue weighted by atomic mass is 16.4. The maximum absolute atomic E-state index is 11.7. The fourth-order valence-electron chi connectivity index (χ4n) is 1.63. The summed E-state index contributed by atoms with van der Waals surface area (Å²) in [5, 5.41) is 11.5. The molecule has 0 aromatic carbocycles. The molecule has 0 unspecified atom stereocenters. The Morgan fingerprint density at radius 1 is 1.47 bits per heavy atom. The molecule has 0 saturated carbocycles. The summed E-state index contributed by atoms with van der Waals surface area (Å²) in [4.78, 5) is 26.5. The number of nitrogens with zero attached hydrogens (tertiary/aromatic N) is 1. The molecule has 0 bridgehead atoms. The topological polar surface area (TPSA) is 105 Å². The minimum absolute atomic E-state index is 0.144. The zero-order valence-electron chi connectivity index (χ0n) is 11.1. The van der Waals surface area contributed by atoms with Crippen molar-refractivity contribution in [2.45, 2.75) is 32.9 Å². The first kappa shape index (κ1) is 15.1. The summed E-state index contributed by atoms with van der Waals surface area (Å²) in [6.45, 7) is 4.15. The highest BCUT2D eigenvalue weighted by Crippen LogP contribution is 2.04. The molecule has 0 fully saturated rings. The number of nitrogens with two attached hydrogens (primary N) is 1. The van der Waals surface area contributed by atoms with Crippen LogP contribution in [0.25, 0.3) is 0 Å². The highest BCUT2D eigenvalue weighted by Gasteiger charge is 2.14. The van der Waals surface area contributed by atoms with E-state index in [9.17, 15) is 9.59 Å². The molecule has 0 saturated heterocycles. The number of rotatable bonds is 6. The fraction of sp³-hybridized carbons (Fsp3) is 0.462. The Morgan fingerprint density at radius 2 is 2.16 bits per heavy atom. The summed E-state index contributed by atoms with van der Waals surface area (Å²) in [5.74, 6) is -0.933. The van der Waals surface area contributed by atoms with Gasteiger partial charge in [0, 0.05) is 6.20 Å². The number of hydrogen-bond donors (Lipinski definition) is 3. The third-order valence-corrected chi connectivity index (χ3v) is 2.57. The lowest BCUT2D eigenvalue weighted by Crippen LogP contribution is -2.41. The van der Waals surface area contributed by atoms with Gasteiger partial charge in [-0.15, -0.1) is 0 Å². The van der Waals surface area contributed by atoms with Gasteiger partial charge in [-0.1, -0.05) is 13.8 Å². The molecule has 1 atom stereocenters. The molecule has 0 radical (unpaired) electrons. The molecule has 0 aliphatic heterocycles. The lowest BCUT2D eigenvalue weighted by Gasteiger charge is -2.13. The molecule has 6 nitrogen and oxygen atoms in total. The minimum Gasteiger partial charge on any atom is -0.478 e. The van der Waals surface area contributed by atoms with Gasteiger partial charge in [0.1, 0.15) is 0 Å². The molecule has 0 aliphatic carbocycles. The van der Waals surface area contributed by atoms with E-state index in [0.717, 1.165) is 0 Å². The first-order chi connectivity index (χ1) is 8.90. The van der Waals surface area contributed by atoms with Crippen LogP contribution in [-0.4, -0.2) is 28.0 Å². The Labute approximate surface area is 112 Å². The van der Waals surface area contributed by atoms with Gasteiger partial charge < -0.3 is 16.2 Å². The predicted octanol–water partition coefficient (Wildman–Crippen LogP) is 0.769. The summed E-state index contributed by atoms with van der Waals surface area (Å²) >= 11 is 0. The van der Waals surface area contributed by atoms with Crippen molar-refractivity contribution in [1.82, 2.24) is 10.3 Å². The number of carbonyl (C=O) groups excluding carboxylic acids is 1. The van der Waals surface area contributed by atoms with Crippen LogP contribution in [-0.2, 0) is 11.3 Å². The zero-order valence-corrected chi connectivity index (χ0v) is 11.1. The van der Waals surface area contributed by atoms with Crippen molar-refractivity contribution in [3.05, 3.63) is 29.6 Å². The molecule has 4 N–H and O–H groups in total. The van der Waals surface area contributed by atoms with Crippen molar-refractivity contribution in [1.29, 1.82) is 0 Å². The molecule has 1 aromatic rings. The maximum Gasteiger partial charge on any atom is 0.335 e. The fourth-order valence-corrected chi connectivity index (χ4v) is 1.63. The quantitative estimate of drug-likeness (QED) is 0.704. The van der Waals surface area contributed by atoms with E-state index >= 15 is 0 Å². The van der Waals surface area contributed by atoms with Crippen LogP contribution in [0, 0.1) is 5.92 Å². The van der Waals surface area contributed by atoms with Crippen LogP contribution in [0.1, 0.15) is 36.3 Å². The number of carboxylic acids is 1. The average Bonchev–Trinajstić information content (AvgIpc) is 2.35. The van der Waals surface area contributed by atoms with E-state index in [1.807, 2.05) is 13.8 Å². The average molecular weight is 265 g/mol. The van der Waals surface area contributed by atoms with Crippen molar-refractivity contribution in [3.8, 4) is 0 Å². The number of pyridine rings is 1. The summed E-state index contributed by atoms with van der Waals surface area (Å²) in [6.07, 6.45) is 2.01. The van der Waals surface area contributed by atoms with Gasteiger partial charge in [0.2, 0.25) is 5.91 Å². The van der Waals surface area contributed by atoms with Crippen LogP contribution in [0.3, 0.4) is 0 Å². The van der Waals surface area contributed by atoms with Crippen LogP contribution < -0.4 is 11.1 Å². The van der Waals surface area contributed by atoms with Gasteiger partial charge >= 0.3 is 5.97 Å². The maximum atomic E-state index is 11.7. The number of hydrogen-bond acceptors (Lipinski definition) is 4. The Morgan fingerprint density at radius 3 is 2.74 bits per heavy atom. The van der Waals surface area contributed by atoms with E-state index in [4.69, 9.17) is 10.8 Å². The van der Waals surface area contributed by atoms with Gasteiger partial charge in [0.05, 0.1) is 23.8 Å². The van der Waals surface area contributed by atoms with Gasteiger partial charge in [-0.3, -0.25) is 9.78 Å². The van der Waals surface area contributed by atoms with E-state index < -0.39 is 12.0 Å². The number of nitrogens with one attached hydrogen (secondary N) is 1. The Hall–Kier alpha value is -1.95. The smallest absolute Gasteiger partial charge is 0.335 e. The number of carbonyl (C=O) groups is 2. The van der Waals surface area contributed by atoms with Crippen LogP contribution in [0.5, 0.6) is 0 Å². The molecular formula is C13H19N3O3. The van der Waals surface area contributed by atoms with E-state index in [1.165, 1.54) is 18.3 Å². The van der Waals surface area contributed by atoms with Crippen molar-refractivity contribution >= 4 is 11.9 Å². The van der Waals surface area contributed by atoms with Crippen LogP contribution in [0.2, 0.25) is 0 Å². The zero-order chi connectivity index (χ0) is 14.4. The summed E-state index contributed by atoms with van der Waals surface area (Å²) in [6, 6.07) is 2.28. The molecular weight excluding hydrogens is 246 g/mol. The van der Waals surface area contributed by atoms with Crippen molar-refractivity contribution < 1.29 is 14.7 Å². The summed E-state index contributed by atoms with van der Waals surface area (Å²) < 4.78 is 0. The monoisotopic (exact) mass is 265 g/mol. The number of carboxylic acid groups (broad SMARTS) is 1. The first-order valence-electron chi connectivity index (χ1n) is 6.11. The summed E-state index contributed by atoms with van der Waals surface area (Å²) in [7, 11) is 0. The molecule has 1 aromatic heterocycles. The largest absolute Gasteiger partial charge is 0.478 e. The van der Waals surface area contributed by atoms with Gasteiger partial charge in [-0.05, 0) is 24.5 Å². The highest BCUT2D eigenvalue weighted by molar-refractivity contribution is 5.87. The lowest BCUT2D eigenvalue weighted by atomic mass is 10.0.